The number of hydrogen-bond donors (Lipinski definition) is 1. The fourth-order valence-corrected chi connectivity index (χ4v) is 6.13. The largest absolute Gasteiger partial charge is 0.495 e. The maximum atomic E-state index is 14.0. The number of alkyl halides is 3. The fourth-order valence-electron chi connectivity index (χ4n) is 6.13. The van der Waals surface area contributed by atoms with Gasteiger partial charge in [-0.05, 0) is 73.3 Å². The molecule has 4 aliphatic carbocycles. The molecule has 4 aliphatic rings. The monoisotopic (exact) mass is 354 g/mol. The van der Waals surface area contributed by atoms with Crippen LogP contribution in [0.4, 0.5) is 13.2 Å². The first-order valence-electron chi connectivity index (χ1n) is 8.75. The molecule has 1 aromatic carbocycles. The summed E-state index contributed by atoms with van der Waals surface area (Å²) in [5, 5.41) is 9.26. The minimum atomic E-state index is -4.64. The number of halogens is 3. The van der Waals surface area contributed by atoms with E-state index in [0.717, 1.165) is 45.6 Å². The molecule has 4 saturated carbocycles. The maximum Gasteiger partial charge on any atom is 0.420 e. The van der Waals surface area contributed by atoms with Crippen LogP contribution in [0.2, 0.25) is 0 Å². The second-order valence-corrected chi connectivity index (χ2v) is 8.07. The van der Waals surface area contributed by atoms with E-state index in [9.17, 15) is 23.1 Å². The lowest BCUT2D eigenvalue weighted by Gasteiger charge is -2.57. The Labute approximate surface area is 144 Å². The molecule has 0 unspecified atom stereocenters. The van der Waals surface area contributed by atoms with Crippen LogP contribution in [0.5, 0.6) is 5.75 Å². The number of hydrogen-bond acceptors (Lipinski definition) is 2. The van der Waals surface area contributed by atoms with Crippen molar-refractivity contribution >= 4 is 5.97 Å². The number of aromatic carboxylic acids is 1. The number of carboxylic acid groups (broad SMARTS) is 1. The van der Waals surface area contributed by atoms with Crippen LogP contribution in [0.1, 0.15) is 60.0 Å². The first-order valence-corrected chi connectivity index (χ1v) is 8.75. The highest BCUT2D eigenvalue weighted by molar-refractivity contribution is 5.92. The van der Waals surface area contributed by atoms with Gasteiger partial charge in [0, 0.05) is 0 Å². The molecule has 0 amide bonds. The lowest BCUT2D eigenvalue weighted by molar-refractivity contribution is -0.141. The molecule has 0 aliphatic heterocycles. The third-order valence-electron chi connectivity index (χ3n) is 6.49. The SMILES string of the molecule is COc1c(C(=O)O)ccc(C23CC4CC(CC(C4)C2)C3)c1C(F)(F)F. The highest BCUT2D eigenvalue weighted by Gasteiger charge is 2.54. The van der Waals surface area contributed by atoms with Crippen molar-refractivity contribution in [3.63, 3.8) is 0 Å². The van der Waals surface area contributed by atoms with Crippen LogP contribution >= 0.6 is 0 Å². The molecule has 0 aromatic heterocycles. The zero-order valence-electron chi connectivity index (χ0n) is 14.0. The van der Waals surface area contributed by atoms with E-state index < -0.39 is 34.4 Å². The van der Waals surface area contributed by atoms with Gasteiger partial charge in [-0.3, -0.25) is 0 Å². The third kappa shape index (κ3) is 2.52. The molecule has 0 heterocycles. The molecule has 0 saturated heterocycles. The molecule has 1 N–H and O–H groups in total. The Kier molecular flexibility index (Phi) is 3.61. The molecular formula is C19H21F3O3. The first kappa shape index (κ1) is 16.7. The Morgan fingerprint density at radius 1 is 1.12 bits per heavy atom. The summed E-state index contributed by atoms with van der Waals surface area (Å²) in [6, 6.07) is 2.69. The van der Waals surface area contributed by atoms with E-state index in [2.05, 4.69) is 0 Å². The highest BCUT2D eigenvalue weighted by Crippen LogP contribution is 2.62. The van der Waals surface area contributed by atoms with Crippen molar-refractivity contribution < 1.29 is 27.8 Å². The van der Waals surface area contributed by atoms with Crippen molar-refractivity contribution in [1.29, 1.82) is 0 Å². The van der Waals surface area contributed by atoms with Crippen molar-refractivity contribution in [3.8, 4) is 5.75 Å². The molecule has 5 rings (SSSR count). The Bertz CT molecular complexity index is 688. The van der Waals surface area contributed by atoms with Gasteiger partial charge < -0.3 is 9.84 Å². The molecule has 136 valence electrons. The van der Waals surface area contributed by atoms with Gasteiger partial charge in [-0.25, -0.2) is 4.79 Å². The van der Waals surface area contributed by atoms with Gasteiger partial charge in [0.15, 0.2) is 0 Å². The summed E-state index contributed by atoms with van der Waals surface area (Å²) in [6.45, 7) is 0. The van der Waals surface area contributed by atoms with Crippen molar-refractivity contribution in [2.24, 2.45) is 17.8 Å². The molecule has 3 nitrogen and oxygen atoms in total. The minimum absolute atomic E-state index is 0.251. The Morgan fingerprint density at radius 3 is 2.04 bits per heavy atom. The van der Waals surface area contributed by atoms with Crippen LogP contribution < -0.4 is 4.74 Å². The normalized spacial score (nSPS) is 33.5. The van der Waals surface area contributed by atoms with E-state index >= 15 is 0 Å². The van der Waals surface area contributed by atoms with Crippen molar-refractivity contribution in [2.75, 3.05) is 7.11 Å². The van der Waals surface area contributed by atoms with Gasteiger partial charge in [-0.15, -0.1) is 0 Å². The second kappa shape index (κ2) is 5.39. The van der Waals surface area contributed by atoms with Crippen LogP contribution in [-0.2, 0) is 11.6 Å². The lowest BCUT2D eigenvalue weighted by Crippen LogP contribution is -2.49. The number of benzene rings is 1. The number of ether oxygens (including phenoxy) is 1. The predicted octanol–water partition coefficient (Wildman–Crippen LogP) is 4.88. The summed E-state index contributed by atoms with van der Waals surface area (Å²) in [5.41, 5.74) is -1.54. The van der Waals surface area contributed by atoms with Crippen LogP contribution in [0.15, 0.2) is 12.1 Å². The van der Waals surface area contributed by atoms with Gasteiger partial charge in [-0.1, -0.05) is 6.07 Å². The average Bonchev–Trinajstić information content (AvgIpc) is 2.51. The third-order valence-corrected chi connectivity index (χ3v) is 6.49. The smallest absolute Gasteiger partial charge is 0.420 e. The van der Waals surface area contributed by atoms with E-state index in [-0.39, 0.29) is 5.56 Å². The summed E-state index contributed by atoms with van der Waals surface area (Å²) in [4.78, 5) is 11.4. The standard InChI is InChI=1S/C19H21F3O3/c1-25-16-13(17(23)24)2-3-14(15(16)19(20,21)22)18-7-10-4-11(8-18)6-12(5-10)9-18/h2-3,10-12H,4-9H2,1H3,(H,23,24). The Morgan fingerprint density at radius 2 is 1.64 bits per heavy atom. The quantitative estimate of drug-likeness (QED) is 0.841. The maximum absolute atomic E-state index is 14.0. The highest BCUT2D eigenvalue weighted by atomic mass is 19.4. The van der Waals surface area contributed by atoms with Gasteiger partial charge in [0.25, 0.3) is 0 Å². The molecule has 1 aromatic rings. The first-order chi connectivity index (χ1) is 11.7. The minimum Gasteiger partial charge on any atom is -0.495 e. The van der Waals surface area contributed by atoms with Crippen molar-refractivity contribution in [2.45, 2.75) is 50.1 Å². The van der Waals surface area contributed by atoms with E-state index in [1.54, 1.807) is 0 Å². The molecule has 0 spiro atoms. The molecule has 0 atom stereocenters. The van der Waals surface area contributed by atoms with Gasteiger partial charge in [0.2, 0.25) is 0 Å². The lowest BCUT2D eigenvalue weighted by atomic mass is 9.47. The second-order valence-electron chi connectivity index (χ2n) is 8.07. The van der Waals surface area contributed by atoms with E-state index in [4.69, 9.17) is 4.74 Å². The van der Waals surface area contributed by atoms with Crippen LogP contribution in [0.25, 0.3) is 0 Å². The number of carbonyl (C=O) groups is 1. The Hall–Kier alpha value is -1.72. The summed E-state index contributed by atoms with van der Waals surface area (Å²) < 4.78 is 46.8. The summed E-state index contributed by atoms with van der Waals surface area (Å²) in [7, 11) is 1.11. The average molecular weight is 354 g/mol. The van der Waals surface area contributed by atoms with Crippen LogP contribution in [0.3, 0.4) is 0 Å². The number of methoxy groups -OCH3 is 1. The molecule has 25 heavy (non-hydrogen) atoms. The molecular weight excluding hydrogens is 333 g/mol. The molecule has 0 radical (unpaired) electrons. The summed E-state index contributed by atoms with van der Waals surface area (Å²) >= 11 is 0. The van der Waals surface area contributed by atoms with Crippen molar-refractivity contribution in [3.05, 3.63) is 28.8 Å². The zero-order valence-corrected chi connectivity index (χ0v) is 14.0. The van der Waals surface area contributed by atoms with Gasteiger partial charge >= 0.3 is 12.1 Å². The summed E-state index contributed by atoms with van der Waals surface area (Å²) in [5.74, 6) is -0.458. The van der Waals surface area contributed by atoms with Gasteiger partial charge in [0.1, 0.15) is 16.9 Å². The van der Waals surface area contributed by atoms with Gasteiger partial charge in [0.05, 0.1) is 7.11 Å². The number of rotatable bonds is 3. The fraction of sp³-hybridized carbons (Fsp3) is 0.632. The van der Waals surface area contributed by atoms with Crippen LogP contribution in [-0.4, -0.2) is 18.2 Å². The van der Waals surface area contributed by atoms with Gasteiger partial charge in [-0.2, -0.15) is 13.2 Å². The van der Waals surface area contributed by atoms with E-state index in [1.807, 2.05) is 0 Å². The molecule has 4 bridgehead atoms. The number of carboxylic acids is 1. The Balaban J connectivity index is 1.92. The van der Waals surface area contributed by atoms with Crippen LogP contribution in [0, 0.1) is 17.8 Å². The topological polar surface area (TPSA) is 46.5 Å². The zero-order chi connectivity index (χ0) is 18.0. The predicted molar refractivity (Wildman–Crippen MR) is 84.8 cm³/mol. The van der Waals surface area contributed by atoms with Crippen molar-refractivity contribution in [1.82, 2.24) is 0 Å². The van der Waals surface area contributed by atoms with E-state index in [0.29, 0.717) is 17.8 Å². The van der Waals surface area contributed by atoms with E-state index in [1.165, 1.54) is 12.1 Å². The summed E-state index contributed by atoms with van der Waals surface area (Å²) in [6.07, 6.45) is 1.07. The molecule has 6 heteroatoms. The molecule has 4 fully saturated rings.